The van der Waals surface area contributed by atoms with Crippen molar-refractivity contribution in [3.8, 4) is 0 Å². The van der Waals surface area contributed by atoms with E-state index in [1.807, 2.05) is 31.2 Å². The zero-order chi connectivity index (χ0) is 23.1. The van der Waals surface area contributed by atoms with E-state index in [2.05, 4.69) is 15.6 Å². The zero-order valence-corrected chi connectivity index (χ0v) is 19.4. The molecule has 2 aromatic rings. The number of imidazole rings is 1. The van der Waals surface area contributed by atoms with Crippen molar-refractivity contribution >= 4 is 21.8 Å². The highest BCUT2D eigenvalue weighted by Gasteiger charge is 2.28. The van der Waals surface area contributed by atoms with Crippen LogP contribution in [0.3, 0.4) is 0 Å². The Balaban J connectivity index is 1.67. The summed E-state index contributed by atoms with van der Waals surface area (Å²) < 4.78 is 28.9. The second-order valence-electron chi connectivity index (χ2n) is 8.15. The van der Waals surface area contributed by atoms with Gasteiger partial charge in [0.15, 0.2) is 5.03 Å². The van der Waals surface area contributed by atoms with Gasteiger partial charge < -0.3 is 15.2 Å². The number of carbonyl (C=O) groups is 2. The van der Waals surface area contributed by atoms with E-state index in [1.165, 1.54) is 16.8 Å². The smallest absolute Gasteiger partial charge is 0.262 e. The Hall–Kier alpha value is -2.72. The molecule has 1 saturated heterocycles. The van der Waals surface area contributed by atoms with Crippen molar-refractivity contribution in [1.82, 2.24) is 24.5 Å². The first kappa shape index (κ1) is 23.9. The van der Waals surface area contributed by atoms with Gasteiger partial charge in [-0.1, -0.05) is 24.3 Å². The Labute approximate surface area is 189 Å². The Morgan fingerprint density at radius 2 is 2.03 bits per heavy atom. The number of amides is 2. The number of aryl methyl sites for hydroxylation is 2. The average molecular weight is 462 g/mol. The molecule has 1 aromatic carbocycles. The summed E-state index contributed by atoms with van der Waals surface area (Å²) in [6.45, 7) is 3.13. The van der Waals surface area contributed by atoms with Crippen molar-refractivity contribution in [2.45, 2.75) is 44.2 Å². The van der Waals surface area contributed by atoms with Gasteiger partial charge in [0.05, 0.1) is 6.33 Å². The number of hydrogen-bond donors (Lipinski definition) is 2. The van der Waals surface area contributed by atoms with Crippen molar-refractivity contribution in [3.63, 3.8) is 0 Å². The van der Waals surface area contributed by atoms with Crippen LogP contribution in [0.2, 0.25) is 0 Å². The molecule has 0 radical (unpaired) electrons. The van der Waals surface area contributed by atoms with Crippen LogP contribution < -0.4 is 10.6 Å². The number of hydrogen-bond acceptors (Lipinski definition) is 5. The number of sulfonamides is 1. The molecule has 2 amide bonds. The molecule has 1 aromatic heterocycles. The van der Waals surface area contributed by atoms with Gasteiger partial charge in [0.25, 0.3) is 10.0 Å². The maximum Gasteiger partial charge on any atom is 0.262 e. The summed E-state index contributed by atoms with van der Waals surface area (Å²) in [7, 11) is -2.11. The molecule has 0 aliphatic carbocycles. The molecule has 0 saturated carbocycles. The number of nitrogens with one attached hydrogen (secondary N) is 2. The number of carbonyl (C=O) groups excluding carboxylic acids is 2. The van der Waals surface area contributed by atoms with Gasteiger partial charge >= 0.3 is 0 Å². The first-order chi connectivity index (χ1) is 15.3. The van der Waals surface area contributed by atoms with Gasteiger partial charge in [-0.15, -0.1) is 0 Å². The van der Waals surface area contributed by atoms with E-state index in [0.29, 0.717) is 32.4 Å². The van der Waals surface area contributed by atoms with Gasteiger partial charge in [-0.25, -0.2) is 13.4 Å². The summed E-state index contributed by atoms with van der Waals surface area (Å²) in [4.78, 5) is 29.0. The molecule has 9 nitrogen and oxygen atoms in total. The third-order valence-electron chi connectivity index (χ3n) is 5.73. The van der Waals surface area contributed by atoms with Gasteiger partial charge in [0.2, 0.25) is 11.8 Å². The highest BCUT2D eigenvalue weighted by atomic mass is 32.2. The molecule has 0 bridgehead atoms. The molecule has 1 fully saturated rings. The molecular weight excluding hydrogens is 430 g/mol. The monoisotopic (exact) mass is 461 g/mol. The van der Waals surface area contributed by atoms with Gasteiger partial charge in [-0.2, -0.15) is 4.31 Å². The second-order valence-corrected chi connectivity index (χ2v) is 10.0. The van der Waals surface area contributed by atoms with Crippen molar-refractivity contribution in [1.29, 1.82) is 0 Å². The predicted octanol–water partition coefficient (Wildman–Crippen LogP) is 1.34. The van der Waals surface area contributed by atoms with Crippen LogP contribution in [0.5, 0.6) is 0 Å². The summed E-state index contributed by atoms with van der Waals surface area (Å²) in [6.07, 6.45) is 4.50. The molecule has 32 heavy (non-hydrogen) atoms. The summed E-state index contributed by atoms with van der Waals surface area (Å²) >= 11 is 0. The van der Waals surface area contributed by atoms with Gasteiger partial charge in [0, 0.05) is 51.8 Å². The predicted molar refractivity (Wildman–Crippen MR) is 120 cm³/mol. The summed E-state index contributed by atoms with van der Waals surface area (Å²) in [5.74, 6) is -0.620. The fraction of sp³-hybridized carbons (Fsp3) is 0.500. The number of rotatable bonds is 5. The maximum absolute atomic E-state index is 13.0. The Morgan fingerprint density at radius 3 is 2.75 bits per heavy atom. The molecule has 2 heterocycles. The average Bonchev–Trinajstić information content (AvgIpc) is 3.19. The van der Waals surface area contributed by atoms with Crippen molar-refractivity contribution in [3.05, 3.63) is 47.9 Å². The molecule has 1 atom stereocenters. The van der Waals surface area contributed by atoms with Crippen LogP contribution in [0.15, 0.2) is 41.8 Å². The second kappa shape index (κ2) is 10.7. The van der Waals surface area contributed by atoms with Crippen LogP contribution in [0, 0.1) is 12.8 Å². The lowest BCUT2D eigenvalue weighted by atomic mass is 9.98. The van der Waals surface area contributed by atoms with E-state index in [-0.39, 0.29) is 42.3 Å². The Bertz CT molecular complexity index is 1050. The molecule has 1 unspecified atom stereocenters. The molecule has 2 N–H and O–H groups in total. The molecule has 3 rings (SSSR count). The normalized spacial score (nSPS) is 19.1. The fourth-order valence-corrected chi connectivity index (χ4v) is 5.21. The largest absolute Gasteiger partial charge is 0.356 e. The van der Waals surface area contributed by atoms with Crippen LogP contribution in [0.25, 0.3) is 0 Å². The summed E-state index contributed by atoms with van der Waals surface area (Å²) in [5.41, 5.74) is 2.16. The Morgan fingerprint density at radius 1 is 1.25 bits per heavy atom. The molecule has 174 valence electrons. The lowest BCUT2D eigenvalue weighted by molar-refractivity contribution is -0.126. The minimum absolute atomic E-state index is 0.0391. The topological polar surface area (TPSA) is 113 Å². The third-order valence-corrected chi connectivity index (χ3v) is 7.52. The minimum Gasteiger partial charge on any atom is -0.356 e. The van der Waals surface area contributed by atoms with E-state index in [9.17, 15) is 18.0 Å². The van der Waals surface area contributed by atoms with E-state index >= 15 is 0 Å². The molecule has 0 spiro atoms. The van der Waals surface area contributed by atoms with Crippen molar-refractivity contribution in [2.24, 2.45) is 13.0 Å². The van der Waals surface area contributed by atoms with E-state index in [0.717, 1.165) is 11.1 Å². The summed E-state index contributed by atoms with van der Waals surface area (Å²) in [6, 6.07) is 7.88. The van der Waals surface area contributed by atoms with Crippen LogP contribution in [0.4, 0.5) is 0 Å². The molecule has 1 aliphatic heterocycles. The van der Waals surface area contributed by atoms with E-state index < -0.39 is 10.0 Å². The lowest BCUT2D eigenvalue weighted by Gasteiger charge is -2.21. The van der Waals surface area contributed by atoms with Gasteiger partial charge in [-0.3, -0.25) is 9.59 Å². The third kappa shape index (κ3) is 6.17. The van der Waals surface area contributed by atoms with E-state index in [4.69, 9.17) is 0 Å². The minimum atomic E-state index is -3.81. The maximum atomic E-state index is 13.0. The quantitative estimate of drug-likeness (QED) is 0.698. The number of benzene rings is 1. The van der Waals surface area contributed by atoms with Gasteiger partial charge in [-0.05, 0) is 37.3 Å². The van der Waals surface area contributed by atoms with Crippen molar-refractivity contribution in [2.75, 3.05) is 19.6 Å². The molecular formula is C22H31N5O4S. The lowest BCUT2D eigenvalue weighted by Crippen LogP contribution is -2.36. The van der Waals surface area contributed by atoms with Crippen LogP contribution in [0.1, 0.15) is 36.8 Å². The SMILES string of the molecule is Cc1ccccc1CNC(=O)C1CCCN(S(=O)(=O)c2cn(C)cn2)CCC(=O)NCC1. The molecule has 1 aliphatic rings. The van der Waals surface area contributed by atoms with Crippen LogP contribution in [-0.4, -0.2) is 53.7 Å². The first-order valence-electron chi connectivity index (χ1n) is 10.8. The van der Waals surface area contributed by atoms with Crippen molar-refractivity contribution < 1.29 is 18.0 Å². The standard InChI is InChI=1S/C22H31N5O4S/c1-17-6-3-4-7-19(17)14-24-22(29)18-8-5-12-27(13-10-20(28)23-11-9-18)32(30,31)21-15-26(2)16-25-21/h3-4,6-7,15-16,18H,5,8-14H2,1-2H3,(H,23,28)(H,24,29). The number of nitrogens with zero attached hydrogens (tertiary/aromatic N) is 3. The highest BCUT2D eigenvalue weighted by molar-refractivity contribution is 7.89. The Kier molecular flexibility index (Phi) is 8.03. The summed E-state index contributed by atoms with van der Waals surface area (Å²) in [5, 5.41) is 5.76. The first-order valence-corrected chi connectivity index (χ1v) is 12.3. The highest BCUT2D eigenvalue weighted by Crippen LogP contribution is 2.18. The zero-order valence-electron chi connectivity index (χ0n) is 18.6. The fourth-order valence-electron chi connectivity index (χ4n) is 3.76. The molecule has 10 heteroatoms. The van der Waals surface area contributed by atoms with Gasteiger partial charge in [0.1, 0.15) is 0 Å². The van der Waals surface area contributed by atoms with Crippen LogP contribution in [-0.2, 0) is 33.2 Å². The van der Waals surface area contributed by atoms with E-state index in [1.54, 1.807) is 11.6 Å². The van der Waals surface area contributed by atoms with Crippen LogP contribution >= 0.6 is 0 Å². The number of aromatic nitrogens is 2.